The van der Waals surface area contributed by atoms with Crippen molar-refractivity contribution >= 4 is 17.3 Å². The predicted molar refractivity (Wildman–Crippen MR) is 79.7 cm³/mol. The van der Waals surface area contributed by atoms with Crippen molar-refractivity contribution in [3.8, 4) is 0 Å². The number of rotatable bonds is 7. The predicted octanol–water partition coefficient (Wildman–Crippen LogP) is 1.82. The van der Waals surface area contributed by atoms with Gasteiger partial charge in [-0.1, -0.05) is 0 Å². The molecule has 8 heteroatoms. The van der Waals surface area contributed by atoms with Crippen LogP contribution in [0.4, 0.5) is 17.3 Å². The minimum absolute atomic E-state index is 0.0702. The summed E-state index contributed by atoms with van der Waals surface area (Å²) in [6.45, 7) is 6.39. The molecule has 0 bridgehead atoms. The molecule has 2 heterocycles. The third-order valence-corrected chi connectivity index (χ3v) is 3.46. The molecule has 1 atom stereocenters. The second-order valence-electron chi connectivity index (χ2n) is 4.86. The van der Waals surface area contributed by atoms with E-state index in [1.165, 1.54) is 6.33 Å². The first-order valence-electron chi connectivity index (χ1n) is 7.27. The average molecular weight is 295 g/mol. The summed E-state index contributed by atoms with van der Waals surface area (Å²) in [4.78, 5) is 21.0. The molecule has 21 heavy (non-hydrogen) atoms. The molecule has 1 fully saturated rings. The molecule has 1 N–H and O–H groups in total. The molecule has 1 aliphatic heterocycles. The van der Waals surface area contributed by atoms with Gasteiger partial charge in [0.25, 0.3) is 0 Å². The van der Waals surface area contributed by atoms with Crippen LogP contribution in [0.2, 0.25) is 0 Å². The number of nitrogens with zero attached hydrogens (tertiary/aromatic N) is 4. The molecule has 1 unspecified atom stereocenters. The van der Waals surface area contributed by atoms with E-state index < -0.39 is 4.92 Å². The maximum atomic E-state index is 11.4. The van der Waals surface area contributed by atoms with Gasteiger partial charge in [-0.15, -0.1) is 0 Å². The van der Waals surface area contributed by atoms with E-state index in [2.05, 4.69) is 15.3 Å². The third-order valence-electron chi connectivity index (χ3n) is 3.46. The van der Waals surface area contributed by atoms with E-state index >= 15 is 0 Å². The van der Waals surface area contributed by atoms with Crippen LogP contribution in [0, 0.1) is 10.1 Å². The van der Waals surface area contributed by atoms with Crippen LogP contribution in [-0.4, -0.2) is 47.2 Å². The topological polar surface area (TPSA) is 93.4 Å². The molecule has 1 aromatic heterocycles. The Morgan fingerprint density at radius 2 is 2.33 bits per heavy atom. The van der Waals surface area contributed by atoms with Gasteiger partial charge in [0.05, 0.1) is 11.0 Å². The third kappa shape index (κ3) is 3.57. The molecule has 1 saturated heterocycles. The van der Waals surface area contributed by atoms with Gasteiger partial charge < -0.3 is 15.0 Å². The SMILES string of the molecule is CCNc1ncnc(N(CC)CC2CCCO2)c1[N+](=O)[O-]. The minimum atomic E-state index is -0.425. The standard InChI is InChI=1S/C13H21N5O3/c1-3-14-12-11(18(19)20)13(16-9-15-12)17(4-2)8-10-6-5-7-21-10/h9-10H,3-8H2,1-2H3,(H,14,15,16). The summed E-state index contributed by atoms with van der Waals surface area (Å²) in [5, 5.41) is 14.3. The molecule has 0 aromatic carbocycles. The number of likely N-dealkylation sites (N-methyl/N-ethyl adjacent to an activating group) is 1. The zero-order valence-corrected chi connectivity index (χ0v) is 12.4. The van der Waals surface area contributed by atoms with E-state index in [0.717, 1.165) is 19.4 Å². The van der Waals surface area contributed by atoms with Crippen molar-refractivity contribution in [1.29, 1.82) is 0 Å². The van der Waals surface area contributed by atoms with E-state index in [4.69, 9.17) is 4.74 Å². The Labute approximate surface area is 123 Å². The lowest BCUT2D eigenvalue weighted by molar-refractivity contribution is -0.383. The van der Waals surface area contributed by atoms with Crippen molar-refractivity contribution in [2.24, 2.45) is 0 Å². The Hall–Kier alpha value is -1.96. The molecule has 116 valence electrons. The van der Waals surface area contributed by atoms with Crippen LogP contribution >= 0.6 is 0 Å². The quantitative estimate of drug-likeness (QED) is 0.605. The molecule has 2 rings (SSSR count). The first kappa shape index (κ1) is 15.4. The fourth-order valence-corrected chi connectivity index (χ4v) is 2.47. The number of nitrogens with one attached hydrogen (secondary N) is 1. The fraction of sp³-hybridized carbons (Fsp3) is 0.692. The number of aromatic nitrogens is 2. The van der Waals surface area contributed by atoms with Gasteiger partial charge in [-0.25, -0.2) is 9.97 Å². The average Bonchev–Trinajstić information content (AvgIpc) is 2.97. The number of ether oxygens (including phenoxy) is 1. The molecule has 0 aliphatic carbocycles. The van der Waals surface area contributed by atoms with Crippen molar-refractivity contribution in [2.75, 3.05) is 36.5 Å². The molecule has 0 amide bonds. The molecule has 8 nitrogen and oxygen atoms in total. The van der Waals surface area contributed by atoms with Crippen molar-refractivity contribution in [3.05, 3.63) is 16.4 Å². The minimum Gasteiger partial charge on any atom is -0.376 e. The van der Waals surface area contributed by atoms with Gasteiger partial charge in [0.1, 0.15) is 6.33 Å². The lowest BCUT2D eigenvalue weighted by Gasteiger charge is -2.24. The van der Waals surface area contributed by atoms with E-state index in [1.54, 1.807) is 0 Å². The molecule has 1 aliphatic rings. The number of anilines is 2. The first-order chi connectivity index (χ1) is 10.2. The Morgan fingerprint density at radius 1 is 1.52 bits per heavy atom. The Bertz CT molecular complexity index is 491. The number of hydrogen-bond acceptors (Lipinski definition) is 7. The van der Waals surface area contributed by atoms with Gasteiger partial charge in [0.2, 0.25) is 11.6 Å². The van der Waals surface area contributed by atoms with Gasteiger partial charge in [0, 0.05) is 26.2 Å². The summed E-state index contributed by atoms with van der Waals surface area (Å²) in [5.41, 5.74) is -0.0702. The molecule has 0 spiro atoms. The number of hydrogen-bond donors (Lipinski definition) is 1. The smallest absolute Gasteiger partial charge is 0.353 e. The summed E-state index contributed by atoms with van der Waals surface area (Å²) in [7, 11) is 0. The Morgan fingerprint density at radius 3 is 2.90 bits per heavy atom. The molecule has 0 saturated carbocycles. The Balaban J connectivity index is 2.30. The van der Waals surface area contributed by atoms with E-state index in [1.807, 2.05) is 18.7 Å². The second-order valence-corrected chi connectivity index (χ2v) is 4.86. The van der Waals surface area contributed by atoms with Gasteiger partial charge in [0.15, 0.2) is 0 Å². The zero-order chi connectivity index (χ0) is 15.2. The molecule has 0 radical (unpaired) electrons. The highest BCUT2D eigenvalue weighted by Gasteiger charge is 2.28. The highest BCUT2D eigenvalue weighted by atomic mass is 16.6. The van der Waals surface area contributed by atoms with Gasteiger partial charge in [-0.05, 0) is 26.7 Å². The Kier molecular flexibility index (Phi) is 5.26. The summed E-state index contributed by atoms with van der Waals surface area (Å²) in [6, 6.07) is 0. The fourth-order valence-electron chi connectivity index (χ4n) is 2.47. The van der Waals surface area contributed by atoms with E-state index in [0.29, 0.717) is 25.5 Å². The first-order valence-corrected chi connectivity index (χ1v) is 7.27. The highest BCUT2D eigenvalue weighted by Crippen LogP contribution is 2.32. The number of nitro groups is 1. The van der Waals surface area contributed by atoms with Crippen molar-refractivity contribution in [2.45, 2.75) is 32.8 Å². The van der Waals surface area contributed by atoms with E-state index in [9.17, 15) is 10.1 Å². The van der Waals surface area contributed by atoms with Crippen LogP contribution in [0.1, 0.15) is 26.7 Å². The molecular weight excluding hydrogens is 274 g/mol. The van der Waals surface area contributed by atoms with Gasteiger partial charge in [-0.3, -0.25) is 10.1 Å². The van der Waals surface area contributed by atoms with E-state index in [-0.39, 0.29) is 17.6 Å². The molecule has 1 aromatic rings. The summed E-state index contributed by atoms with van der Waals surface area (Å²) in [5.74, 6) is 0.613. The molecular formula is C13H21N5O3. The summed E-state index contributed by atoms with van der Waals surface area (Å²) in [6.07, 6.45) is 3.49. The lowest BCUT2D eigenvalue weighted by Crippen LogP contribution is -2.33. The monoisotopic (exact) mass is 295 g/mol. The second kappa shape index (κ2) is 7.16. The van der Waals surface area contributed by atoms with Crippen LogP contribution in [0.3, 0.4) is 0 Å². The van der Waals surface area contributed by atoms with Crippen molar-refractivity contribution in [1.82, 2.24) is 9.97 Å². The maximum Gasteiger partial charge on any atom is 0.353 e. The van der Waals surface area contributed by atoms with Gasteiger partial charge in [-0.2, -0.15) is 0 Å². The van der Waals surface area contributed by atoms with Gasteiger partial charge >= 0.3 is 5.69 Å². The zero-order valence-electron chi connectivity index (χ0n) is 12.4. The largest absolute Gasteiger partial charge is 0.376 e. The van der Waals surface area contributed by atoms with Crippen LogP contribution in [0.15, 0.2) is 6.33 Å². The van der Waals surface area contributed by atoms with Crippen molar-refractivity contribution in [3.63, 3.8) is 0 Å². The lowest BCUT2D eigenvalue weighted by atomic mass is 10.2. The van der Waals surface area contributed by atoms with Crippen LogP contribution in [0.25, 0.3) is 0 Å². The van der Waals surface area contributed by atoms with Crippen molar-refractivity contribution < 1.29 is 9.66 Å². The maximum absolute atomic E-state index is 11.4. The highest BCUT2D eigenvalue weighted by molar-refractivity contribution is 5.70. The van der Waals surface area contributed by atoms with Crippen LogP contribution < -0.4 is 10.2 Å². The normalized spacial score (nSPS) is 17.7. The summed E-state index contributed by atoms with van der Waals surface area (Å²) >= 11 is 0. The summed E-state index contributed by atoms with van der Waals surface area (Å²) < 4.78 is 5.61. The van der Waals surface area contributed by atoms with Crippen LogP contribution in [-0.2, 0) is 4.74 Å². The van der Waals surface area contributed by atoms with Crippen LogP contribution in [0.5, 0.6) is 0 Å².